The number of pyridine rings is 1. The molecule has 0 bridgehead atoms. The number of hydrogen-bond acceptors (Lipinski definition) is 6. The number of benzene rings is 1. The summed E-state index contributed by atoms with van der Waals surface area (Å²) in [5.41, 5.74) is 6.97. The summed E-state index contributed by atoms with van der Waals surface area (Å²) in [6, 6.07) is 9.08. The number of nitriles is 1. The Kier molecular flexibility index (Phi) is 4.40. The van der Waals surface area contributed by atoms with Crippen LogP contribution in [0.15, 0.2) is 51.8 Å². The van der Waals surface area contributed by atoms with Crippen LogP contribution in [0.2, 0.25) is 0 Å². The van der Waals surface area contributed by atoms with E-state index in [0.717, 1.165) is 5.39 Å². The Bertz CT molecular complexity index is 1150. The van der Waals surface area contributed by atoms with Crippen LogP contribution in [0, 0.1) is 11.3 Å². The fourth-order valence-electron chi connectivity index (χ4n) is 3.84. The molecule has 7 heteroatoms. The first-order valence-electron chi connectivity index (χ1n) is 9.17. The summed E-state index contributed by atoms with van der Waals surface area (Å²) in [6.07, 6.45) is 1.57. The molecule has 1 aromatic heterocycles. The van der Waals surface area contributed by atoms with Crippen molar-refractivity contribution in [1.82, 2.24) is 4.98 Å². The molecule has 0 unspecified atom stereocenters. The third kappa shape index (κ3) is 2.83. The third-order valence-corrected chi connectivity index (χ3v) is 5.07. The maximum atomic E-state index is 12.9. The standard InChI is InChI=1S/C21H19N3O4/c1-2-27-12-6-7-15-11(8-12)9-13(21(26)24-15)18-14(10-22)20(23)28-17-5-3-4-16(25)19(17)18/h6-9,18H,2-5,23H2,1H3,(H,24,26)/t18-/m1/s1. The minimum atomic E-state index is -0.828. The Morgan fingerprint density at radius 1 is 1.32 bits per heavy atom. The molecule has 3 N–H and O–H groups in total. The van der Waals surface area contributed by atoms with Crippen molar-refractivity contribution >= 4 is 16.7 Å². The van der Waals surface area contributed by atoms with Crippen molar-refractivity contribution in [3.8, 4) is 11.8 Å². The van der Waals surface area contributed by atoms with E-state index in [-0.39, 0.29) is 22.8 Å². The molecule has 7 nitrogen and oxygen atoms in total. The largest absolute Gasteiger partial charge is 0.494 e. The number of carbonyl (C=O) groups is 1. The van der Waals surface area contributed by atoms with E-state index in [0.29, 0.717) is 54.0 Å². The molecule has 4 rings (SSSR count). The van der Waals surface area contributed by atoms with Gasteiger partial charge in [-0.1, -0.05) is 0 Å². The molecule has 1 aliphatic heterocycles. The van der Waals surface area contributed by atoms with Crippen molar-refractivity contribution in [2.24, 2.45) is 5.73 Å². The molecule has 0 spiro atoms. The number of Topliss-reactive ketones (excluding diaryl/α,β-unsaturated/α-hetero) is 1. The maximum absolute atomic E-state index is 12.9. The molecule has 2 aromatic rings. The first-order chi connectivity index (χ1) is 13.5. The van der Waals surface area contributed by atoms with Crippen LogP contribution in [0.4, 0.5) is 0 Å². The Morgan fingerprint density at radius 3 is 2.89 bits per heavy atom. The third-order valence-electron chi connectivity index (χ3n) is 5.07. The molecule has 2 heterocycles. The number of aromatic nitrogens is 1. The van der Waals surface area contributed by atoms with E-state index >= 15 is 0 Å². The van der Waals surface area contributed by atoms with Crippen molar-refractivity contribution in [1.29, 1.82) is 5.26 Å². The highest BCUT2D eigenvalue weighted by Gasteiger charge is 2.39. The van der Waals surface area contributed by atoms with E-state index in [1.54, 1.807) is 18.2 Å². The van der Waals surface area contributed by atoms with Gasteiger partial charge in [-0.25, -0.2) is 0 Å². The van der Waals surface area contributed by atoms with E-state index in [2.05, 4.69) is 4.98 Å². The molecular weight excluding hydrogens is 358 g/mol. The molecule has 2 aliphatic rings. The summed E-state index contributed by atoms with van der Waals surface area (Å²) < 4.78 is 11.1. The Morgan fingerprint density at radius 2 is 2.14 bits per heavy atom. The average Bonchev–Trinajstić information content (AvgIpc) is 2.67. The Labute approximate surface area is 161 Å². The normalized spacial score (nSPS) is 19.3. The fourth-order valence-corrected chi connectivity index (χ4v) is 3.84. The minimum absolute atomic E-state index is 0.0523. The lowest BCUT2D eigenvalue weighted by molar-refractivity contribution is -0.116. The van der Waals surface area contributed by atoms with E-state index in [1.165, 1.54) is 0 Å². The van der Waals surface area contributed by atoms with Crippen LogP contribution < -0.4 is 16.0 Å². The zero-order valence-corrected chi connectivity index (χ0v) is 15.4. The van der Waals surface area contributed by atoms with E-state index in [1.807, 2.05) is 19.1 Å². The Balaban J connectivity index is 1.95. The number of rotatable bonds is 3. The minimum Gasteiger partial charge on any atom is -0.494 e. The summed E-state index contributed by atoms with van der Waals surface area (Å²) in [4.78, 5) is 28.3. The summed E-state index contributed by atoms with van der Waals surface area (Å²) in [5, 5.41) is 10.4. The zero-order chi connectivity index (χ0) is 19.8. The molecule has 0 radical (unpaired) electrons. The number of ether oxygens (including phenoxy) is 2. The first kappa shape index (κ1) is 17.9. The maximum Gasteiger partial charge on any atom is 0.252 e. The molecule has 0 amide bonds. The predicted molar refractivity (Wildman–Crippen MR) is 102 cm³/mol. The van der Waals surface area contributed by atoms with Crippen molar-refractivity contribution in [3.05, 3.63) is 63.0 Å². The lowest BCUT2D eigenvalue weighted by Gasteiger charge is -2.30. The highest BCUT2D eigenvalue weighted by Crippen LogP contribution is 2.42. The van der Waals surface area contributed by atoms with E-state index < -0.39 is 5.92 Å². The van der Waals surface area contributed by atoms with Crippen LogP contribution in [-0.2, 0) is 9.53 Å². The number of H-pyrrole nitrogens is 1. The smallest absolute Gasteiger partial charge is 0.252 e. The van der Waals surface area contributed by atoms with Gasteiger partial charge in [-0.2, -0.15) is 5.26 Å². The molecule has 1 atom stereocenters. The molecule has 0 saturated heterocycles. The Hall–Kier alpha value is -3.53. The van der Waals surface area contributed by atoms with Gasteiger partial charge in [0.2, 0.25) is 5.88 Å². The highest BCUT2D eigenvalue weighted by molar-refractivity contribution is 5.99. The van der Waals surface area contributed by atoms with Crippen molar-refractivity contribution < 1.29 is 14.3 Å². The van der Waals surface area contributed by atoms with Gasteiger partial charge in [-0.05, 0) is 37.6 Å². The zero-order valence-electron chi connectivity index (χ0n) is 15.4. The molecule has 28 heavy (non-hydrogen) atoms. The summed E-state index contributed by atoms with van der Waals surface area (Å²) >= 11 is 0. The topological polar surface area (TPSA) is 118 Å². The van der Waals surface area contributed by atoms with Gasteiger partial charge in [0.15, 0.2) is 5.78 Å². The predicted octanol–water partition coefficient (Wildman–Crippen LogP) is 2.74. The number of aromatic amines is 1. The second kappa shape index (κ2) is 6.89. The van der Waals surface area contributed by atoms with Gasteiger partial charge < -0.3 is 20.2 Å². The van der Waals surface area contributed by atoms with Gasteiger partial charge in [0.25, 0.3) is 5.56 Å². The molecule has 0 fully saturated rings. The number of ketones is 1. The second-order valence-corrected chi connectivity index (χ2v) is 6.77. The number of hydrogen-bond donors (Lipinski definition) is 2. The van der Waals surface area contributed by atoms with Gasteiger partial charge in [0, 0.05) is 34.9 Å². The van der Waals surface area contributed by atoms with Gasteiger partial charge in [-0.15, -0.1) is 0 Å². The lowest BCUT2D eigenvalue weighted by Crippen LogP contribution is -2.30. The number of nitrogens with one attached hydrogen (secondary N) is 1. The van der Waals surface area contributed by atoms with Gasteiger partial charge in [0.1, 0.15) is 23.2 Å². The number of fused-ring (bicyclic) bond motifs is 1. The second-order valence-electron chi connectivity index (χ2n) is 6.77. The van der Waals surface area contributed by atoms with Crippen molar-refractivity contribution in [2.75, 3.05) is 6.61 Å². The number of nitrogens with zero attached hydrogens (tertiary/aromatic N) is 1. The van der Waals surface area contributed by atoms with Gasteiger partial charge in [0.05, 0.1) is 12.5 Å². The summed E-state index contributed by atoms with van der Waals surface area (Å²) in [7, 11) is 0. The summed E-state index contributed by atoms with van der Waals surface area (Å²) in [5.74, 6) is 0.132. The van der Waals surface area contributed by atoms with Crippen LogP contribution >= 0.6 is 0 Å². The lowest BCUT2D eigenvalue weighted by atomic mass is 9.78. The molecule has 1 aliphatic carbocycles. The number of nitrogens with two attached hydrogens (primary N) is 1. The van der Waals surface area contributed by atoms with Crippen LogP contribution in [-0.4, -0.2) is 17.4 Å². The van der Waals surface area contributed by atoms with Crippen molar-refractivity contribution in [2.45, 2.75) is 32.1 Å². The van der Waals surface area contributed by atoms with Crippen LogP contribution in [0.3, 0.4) is 0 Å². The molecule has 142 valence electrons. The number of carbonyl (C=O) groups excluding carboxylic acids is 1. The van der Waals surface area contributed by atoms with Crippen LogP contribution in [0.25, 0.3) is 10.9 Å². The monoisotopic (exact) mass is 377 g/mol. The SMILES string of the molecule is CCOc1ccc2[nH]c(=O)c([C@@H]3C(C#N)=C(N)OC4=C3C(=O)CCC4)cc2c1. The van der Waals surface area contributed by atoms with E-state index in [4.69, 9.17) is 15.2 Å². The van der Waals surface area contributed by atoms with Crippen molar-refractivity contribution in [3.63, 3.8) is 0 Å². The van der Waals surface area contributed by atoms with Crippen LogP contribution in [0.1, 0.15) is 37.7 Å². The highest BCUT2D eigenvalue weighted by atomic mass is 16.5. The molecule has 1 aromatic carbocycles. The molecular formula is C21H19N3O4. The molecule has 0 saturated carbocycles. The average molecular weight is 377 g/mol. The van der Waals surface area contributed by atoms with Crippen LogP contribution in [0.5, 0.6) is 5.75 Å². The van der Waals surface area contributed by atoms with Gasteiger partial charge >= 0.3 is 0 Å². The van der Waals surface area contributed by atoms with E-state index in [9.17, 15) is 14.9 Å². The number of allylic oxidation sites excluding steroid dienone is 3. The first-order valence-corrected chi connectivity index (χ1v) is 9.17. The summed E-state index contributed by atoms with van der Waals surface area (Å²) in [6.45, 7) is 2.41. The quantitative estimate of drug-likeness (QED) is 0.849. The fraction of sp³-hybridized carbons (Fsp3) is 0.286. The van der Waals surface area contributed by atoms with Gasteiger partial charge in [-0.3, -0.25) is 9.59 Å².